The fourth-order valence-corrected chi connectivity index (χ4v) is 0.445. The minimum absolute atomic E-state index is 0.626. The van der Waals surface area contributed by atoms with Crippen LogP contribution in [0.4, 0.5) is 0 Å². The summed E-state index contributed by atoms with van der Waals surface area (Å²) in [6.45, 7) is 8.32. The van der Waals surface area contributed by atoms with Gasteiger partial charge in [0.1, 0.15) is 0 Å². The molecule has 0 rings (SSSR count). The predicted octanol–water partition coefficient (Wildman–Crippen LogP) is 2.02. The minimum atomic E-state index is 0.626. The third kappa shape index (κ3) is 5.32. The van der Waals surface area contributed by atoms with Gasteiger partial charge in [0, 0.05) is 6.54 Å². The van der Waals surface area contributed by atoms with Gasteiger partial charge in [0.2, 0.25) is 0 Å². The Morgan fingerprint density at radius 3 is 2.50 bits per heavy atom. The molecule has 0 bridgehead atoms. The van der Waals surface area contributed by atoms with Gasteiger partial charge in [-0.15, -0.1) is 0 Å². The lowest BCUT2D eigenvalue weighted by molar-refractivity contribution is 1.14. The topological polar surface area (TPSA) is 26.0 Å². The molecule has 0 aliphatic carbocycles. The highest BCUT2D eigenvalue weighted by atomic mass is 14.5. The minimum Gasteiger partial charge on any atom is -0.327 e. The molecule has 0 amide bonds. The van der Waals surface area contributed by atoms with Gasteiger partial charge in [0.25, 0.3) is 0 Å². The zero-order chi connectivity index (χ0) is 7.98. The lowest BCUT2D eigenvalue weighted by Crippen LogP contribution is -1.98. The van der Waals surface area contributed by atoms with E-state index in [2.05, 4.69) is 6.58 Å². The molecule has 0 unspecified atom stereocenters. The summed E-state index contributed by atoms with van der Waals surface area (Å²) < 4.78 is 0. The molecule has 0 aliphatic rings. The van der Waals surface area contributed by atoms with Crippen molar-refractivity contribution in [3.8, 4) is 0 Å². The first-order chi connectivity index (χ1) is 4.66. The van der Waals surface area contributed by atoms with Crippen LogP contribution in [-0.4, -0.2) is 6.54 Å². The van der Waals surface area contributed by atoms with E-state index in [1.807, 2.05) is 32.1 Å². The van der Waals surface area contributed by atoms with Gasteiger partial charge in [-0.2, -0.15) is 0 Å². The molecule has 1 nitrogen and oxygen atoms in total. The summed E-state index contributed by atoms with van der Waals surface area (Å²) in [6.07, 6.45) is 5.92. The molecule has 0 radical (unpaired) electrons. The molecule has 0 fully saturated rings. The summed E-state index contributed by atoms with van der Waals surface area (Å²) in [5, 5.41) is 0. The monoisotopic (exact) mass is 137 g/mol. The molecular formula is C9H15N. The molecule has 0 aromatic rings. The van der Waals surface area contributed by atoms with E-state index >= 15 is 0 Å². The van der Waals surface area contributed by atoms with Crippen molar-refractivity contribution in [3.63, 3.8) is 0 Å². The summed E-state index contributed by atoms with van der Waals surface area (Å²) in [5.41, 5.74) is 7.60. The van der Waals surface area contributed by atoms with E-state index in [4.69, 9.17) is 5.73 Å². The zero-order valence-corrected chi connectivity index (χ0v) is 6.72. The SMILES string of the molecule is C=C(C)/C=C\C=C(/C)CN. The maximum absolute atomic E-state index is 5.36. The van der Waals surface area contributed by atoms with Crippen molar-refractivity contribution >= 4 is 0 Å². The van der Waals surface area contributed by atoms with Crippen molar-refractivity contribution in [1.29, 1.82) is 0 Å². The third-order valence-electron chi connectivity index (χ3n) is 1.08. The Labute approximate surface area is 62.9 Å². The van der Waals surface area contributed by atoms with Gasteiger partial charge in [-0.05, 0) is 13.8 Å². The quantitative estimate of drug-likeness (QED) is 0.592. The lowest BCUT2D eigenvalue weighted by atomic mass is 10.2. The summed E-state index contributed by atoms with van der Waals surface area (Å²) in [6, 6.07) is 0. The van der Waals surface area contributed by atoms with E-state index in [1.165, 1.54) is 5.57 Å². The summed E-state index contributed by atoms with van der Waals surface area (Å²) in [5.74, 6) is 0. The molecule has 0 spiro atoms. The summed E-state index contributed by atoms with van der Waals surface area (Å²) in [4.78, 5) is 0. The molecule has 0 aromatic heterocycles. The Kier molecular flexibility index (Phi) is 4.59. The first kappa shape index (κ1) is 9.18. The second-order valence-corrected chi connectivity index (χ2v) is 2.42. The predicted molar refractivity (Wildman–Crippen MR) is 46.8 cm³/mol. The van der Waals surface area contributed by atoms with Gasteiger partial charge in [-0.25, -0.2) is 0 Å². The van der Waals surface area contributed by atoms with Crippen molar-refractivity contribution in [2.24, 2.45) is 5.73 Å². The molecule has 0 atom stereocenters. The van der Waals surface area contributed by atoms with Crippen LogP contribution in [-0.2, 0) is 0 Å². The average molecular weight is 137 g/mol. The van der Waals surface area contributed by atoms with Crippen LogP contribution < -0.4 is 5.73 Å². The molecule has 56 valence electrons. The van der Waals surface area contributed by atoms with E-state index in [1.54, 1.807) is 0 Å². The average Bonchev–Trinajstić information content (AvgIpc) is 1.87. The molecule has 0 aromatic carbocycles. The standard InChI is InChI=1S/C9H15N/c1-8(2)5-4-6-9(3)7-10/h4-6H,1,7,10H2,2-3H3/b5-4-,9-6+. The van der Waals surface area contributed by atoms with Crippen LogP contribution in [0.3, 0.4) is 0 Å². The second-order valence-electron chi connectivity index (χ2n) is 2.42. The highest BCUT2D eigenvalue weighted by Crippen LogP contribution is 1.92. The number of hydrogen-bond acceptors (Lipinski definition) is 1. The van der Waals surface area contributed by atoms with Crippen molar-refractivity contribution in [2.45, 2.75) is 13.8 Å². The van der Waals surface area contributed by atoms with Crippen LogP contribution in [0.5, 0.6) is 0 Å². The van der Waals surface area contributed by atoms with Crippen molar-refractivity contribution in [2.75, 3.05) is 6.54 Å². The maximum atomic E-state index is 5.36. The highest BCUT2D eigenvalue weighted by Gasteiger charge is 1.77. The van der Waals surface area contributed by atoms with E-state index in [0.717, 1.165) is 5.57 Å². The van der Waals surface area contributed by atoms with Gasteiger partial charge in [0.15, 0.2) is 0 Å². The van der Waals surface area contributed by atoms with Crippen LogP contribution in [0, 0.1) is 0 Å². The molecule has 1 heteroatoms. The summed E-state index contributed by atoms with van der Waals surface area (Å²) in [7, 11) is 0. The molecule has 2 N–H and O–H groups in total. The summed E-state index contributed by atoms with van der Waals surface area (Å²) >= 11 is 0. The number of nitrogens with two attached hydrogens (primary N) is 1. The van der Waals surface area contributed by atoms with Crippen molar-refractivity contribution < 1.29 is 0 Å². The first-order valence-corrected chi connectivity index (χ1v) is 3.36. The Hall–Kier alpha value is -0.820. The molecule has 0 heterocycles. The van der Waals surface area contributed by atoms with Gasteiger partial charge in [-0.3, -0.25) is 0 Å². The smallest absolute Gasteiger partial charge is 0.0137 e. The Balaban J connectivity index is 3.82. The van der Waals surface area contributed by atoms with Gasteiger partial charge in [0.05, 0.1) is 0 Å². The number of allylic oxidation sites excluding steroid dienone is 4. The van der Waals surface area contributed by atoms with Crippen LogP contribution >= 0.6 is 0 Å². The maximum Gasteiger partial charge on any atom is 0.0137 e. The largest absolute Gasteiger partial charge is 0.327 e. The van der Waals surface area contributed by atoms with E-state index < -0.39 is 0 Å². The molecular weight excluding hydrogens is 122 g/mol. The van der Waals surface area contributed by atoms with Crippen LogP contribution in [0.25, 0.3) is 0 Å². The Morgan fingerprint density at radius 1 is 1.50 bits per heavy atom. The van der Waals surface area contributed by atoms with Crippen molar-refractivity contribution in [1.82, 2.24) is 0 Å². The van der Waals surface area contributed by atoms with Crippen LogP contribution in [0.1, 0.15) is 13.8 Å². The normalized spacial score (nSPS) is 12.5. The lowest BCUT2D eigenvalue weighted by Gasteiger charge is -1.89. The van der Waals surface area contributed by atoms with Crippen LogP contribution in [0.15, 0.2) is 36.0 Å². The van der Waals surface area contributed by atoms with E-state index in [0.29, 0.717) is 6.54 Å². The fourth-order valence-electron chi connectivity index (χ4n) is 0.445. The second kappa shape index (κ2) is 5.00. The third-order valence-corrected chi connectivity index (χ3v) is 1.08. The van der Waals surface area contributed by atoms with Gasteiger partial charge >= 0.3 is 0 Å². The number of hydrogen-bond donors (Lipinski definition) is 1. The van der Waals surface area contributed by atoms with Gasteiger partial charge < -0.3 is 5.73 Å². The zero-order valence-electron chi connectivity index (χ0n) is 6.72. The van der Waals surface area contributed by atoms with Crippen LogP contribution in [0.2, 0.25) is 0 Å². The first-order valence-electron chi connectivity index (χ1n) is 3.36. The van der Waals surface area contributed by atoms with Crippen molar-refractivity contribution in [3.05, 3.63) is 36.0 Å². The fraction of sp³-hybridized carbons (Fsp3) is 0.333. The van der Waals surface area contributed by atoms with E-state index in [9.17, 15) is 0 Å². The molecule has 0 aliphatic heterocycles. The molecule has 10 heavy (non-hydrogen) atoms. The van der Waals surface area contributed by atoms with Gasteiger partial charge in [-0.1, -0.05) is 36.0 Å². The number of rotatable bonds is 3. The molecule has 0 saturated heterocycles. The Morgan fingerprint density at radius 2 is 2.10 bits per heavy atom. The molecule has 0 saturated carbocycles. The van der Waals surface area contributed by atoms with E-state index in [-0.39, 0.29) is 0 Å². The Bertz CT molecular complexity index is 164. The highest BCUT2D eigenvalue weighted by molar-refractivity contribution is 5.19.